The first-order valence-corrected chi connectivity index (χ1v) is 14.3. The summed E-state index contributed by atoms with van der Waals surface area (Å²) in [6.45, 7) is 3.66. The predicted octanol–water partition coefficient (Wildman–Crippen LogP) is 4.92. The standard InChI is InChI=1S/C33H26N2O7S/c1-4-41-32(39)28-18(2)34-33-35(29(28)24-14-16-26(40-3)23-8-6-5-7-22(23)24)30(36)27(43-33)17-21-13-15-25(42-21)19-9-11-20(12-10-19)31(37)38/h5-17,29H,4H2,1-3H3,(H,37,38)/b27-17-. The number of carbonyl (C=O) groups is 2. The highest BCUT2D eigenvalue weighted by atomic mass is 32.1. The van der Waals surface area contributed by atoms with Crippen LogP contribution in [0.5, 0.6) is 5.75 Å². The molecular formula is C33H26N2O7S. The quantitative estimate of drug-likeness (QED) is 0.266. The van der Waals surface area contributed by atoms with E-state index in [0.29, 0.717) is 43.4 Å². The minimum atomic E-state index is -1.01. The maximum Gasteiger partial charge on any atom is 0.338 e. The Bertz CT molecular complexity index is 2120. The summed E-state index contributed by atoms with van der Waals surface area (Å²) >= 11 is 1.20. The molecule has 0 bridgehead atoms. The summed E-state index contributed by atoms with van der Waals surface area (Å²) in [7, 11) is 1.60. The van der Waals surface area contributed by atoms with Crippen LogP contribution >= 0.6 is 11.3 Å². The zero-order valence-electron chi connectivity index (χ0n) is 23.5. The highest BCUT2D eigenvalue weighted by Gasteiger charge is 2.34. The highest BCUT2D eigenvalue weighted by molar-refractivity contribution is 7.07. The number of methoxy groups -OCH3 is 1. The molecule has 0 fully saturated rings. The van der Waals surface area contributed by atoms with Crippen LogP contribution in [0.2, 0.25) is 0 Å². The molecule has 0 saturated carbocycles. The Morgan fingerprint density at radius 3 is 2.49 bits per heavy atom. The van der Waals surface area contributed by atoms with Crippen molar-refractivity contribution in [2.24, 2.45) is 4.99 Å². The van der Waals surface area contributed by atoms with Gasteiger partial charge in [0.15, 0.2) is 4.80 Å². The summed E-state index contributed by atoms with van der Waals surface area (Å²) in [5, 5.41) is 10.9. The number of furan rings is 1. The van der Waals surface area contributed by atoms with Crippen LogP contribution in [0.25, 0.3) is 28.2 Å². The maximum atomic E-state index is 14.1. The average molecular weight is 595 g/mol. The molecule has 3 aromatic carbocycles. The minimum absolute atomic E-state index is 0.174. The number of fused-ring (bicyclic) bond motifs is 2. The summed E-state index contributed by atoms with van der Waals surface area (Å²) in [5.74, 6) is 0.0996. The molecule has 1 aliphatic rings. The summed E-state index contributed by atoms with van der Waals surface area (Å²) in [6, 6.07) is 20.4. The number of benzene rings is 3. The van der Waals surface area contributed by atoms with E-state index in [9.17, 15) is 14.4 Å². The molecule has 3 heterocycles. The van der Waals surface area contributed by atoms with E-state index in [1.807, 2.05) is 36.4 Å². The van der Waals surface area contributed by atoms with Crippen molar-refractivity contribution >= 4 is 40.1 Å². The number of aromatic nitrogens is 1. The topological polar surface area (TPSA) is 120 Å². The number of aromatic carboxylic acids is 1. The van der Waals surface area contributed by atoms with Crippen LogP contribution in [0.1, 0.15) is 41.6 Å². The summed E-state index contributed by atoms with van der Waals surface area (Å²) in [6.07, 6.45) is 1.64. The van der Waals surface area contributed by atoms with Crippen LogP contribution in [0.3, 0.4) is 0 Å². The number of carbonyl (C=O) groups excluding carboxylic acids is 1. The van der Waals surface area contributed by atoms with Gasteiger partial charge in [-0.1, -0.05) is 53.8 Å². The van der Waals surface area contributed by atoms with Gasteiger partial charge in [0.05, 0.1) is 41.1 Å². The highest BCUT2D eigenvalue weighted by Crippen LogP contribution is 2.38. The third-order valence-corrected chi connectivity index (χ3v) is 8.25. The second-order valence-corrected chi connectivity index (χ2v) is 10.8. The molecule has 1 aliphatic heterocycles. The van der Waals surface area contributed by atoms with Crippen LogP contribution in [0.15, 0.2) is 98.3 Å². The summed E-state index contributed by atoms with van der Waals surface area (Å²) < 4.78 is 18.9. The largest absolute Gasteiger partial charge is 0.496 e. The van der Waals surface area contributed by atoms with Crippen molar-refractivity contribution in [1.29, 1.82) is 0 Å². The number of hydrogen-bond donors (Lipinski definition) is 1. The van der Waals surface area contributed by atoms with Gasteiger partial charge in [-0.05, 0) is 55.1 Å². The number of carboxylic acids is 1. The summed E-state index contributed by atoms with van der Waals surface area (Å²) in [5.41, 5.74) is 2.06. The van der Waals surface area contributed by atoms with Gasteiger partial charge in [-0.2, -0.15) is 0 Å². The van der Waals surface area contributed by atoms with E-state index in [4.69, 9.17) is 19.0 Å². The van der Waals surface area contributed by atoms with Crippen molar-refractivity contribution in [3.05, 3.63) is 121 Å². The normalized spacial score (nSPS) is 14.9. The Morgan fingerprint density at radius 1 is 1.05 bits per heavy atom. The molecule has 1 N–H and O–H groups in total. The number of allylic oxidation sites excluding steroid dienone is 1. The predicted molar refractivity (Wildman–Crippen MR) is 162 cm³/mol. The van der Waals surface area contributed by atoms with Gasteiger partial charge in [-0.3, -0.25) is 9.36 Å². The van der Waals surface area contributed by atoms with E-state index in [-0.39, 0.29) is 17.7 Å². The van der Waals surface area contributed by atoms with Gasteiger partial charge in [0.2, 0.25) is 0 Å². The Balaban J connectivity index is 1.50. The van der Waals surface area contributed by atoms with Crippen LogP contribution in [-0.2, 0) is 9.53 Å². The minimum Gasteiger partial charge on any atom is -0.496 e. The smallest absolute Gasteiger partial charge is 0.338 e. The van der Waals surface area contributed by atoms with Crippen LogP contribution in [0.4, 0.5) is 0 Å². The lowest BCUT2D eigenvalue weighted by Gasteiger charge is -2.26. The number of ether oxygens (including phenoxy) is 2. The fraction of sp³-hybridized carbons (Fsp3) is 0.152. The van der Waals surface area contributed by atoms with E-state index in [1.165, 1.54) is 23.5 Å². The van der Waals surface area contributed by atoms with Crippen molar-refractivity contribution in [1.82, 2.24) is 4.57 Å². The fourth-order valence-electron chi connectivity index (χ4n) is 5.29. The van der Waals surface area contributed by atoms with Crippen LogP contribution in [0, 0.1) is 0 Å². The lowest BCUT2D eigenvalue weighted by Crippen LogP contribution is -2.40. The third-order valence-electron chi connectivity index (χ3n) is 7.27. The van der Waals surface area contributed by atoms with E-state index in [0.717, 1.165) is 16.3 Å². The molecule has 5 aromatic rings. The van der Waals surface area contributed by atoms with Gasteiger partial charge in [-0.25, -0.2) is 14.6 Å². The molecule has 2 aromatic heterocycles. The zero-order valence-corrected chi connectivity index (χ0v) is 24.3. The SMILES string of the molecule is CCOC(=O)C1=C(C)N=c2s/c(=C\c3ccc(-c4ccc(C(=O)O)cc4)o3)c(=O)n2C1c1ccc(OC)c2ccccc12. The van der Waals surface area contributed by atoms with Crippen molar-refractivity contribution in [3.8, 4) is 17.1 Å². The Kier molecular flexibility index (Phi) is 7.29. The van der Waals surface area contributed by atoms with Crippen molar-refractivity contribution in [2.45, 2.75) is 19.9 Å². The van der Waals surface area contributed by atoms with Gasteiger partial charge in [0, 0.05) is 17.0 Å². The molecule has 0 aliphatic carbocycles. The summed E-state index contributed by atoms with van der Waals surface area (Å²) in [4.78, 5) is 43.7. The van der Waals surface area contributed by atoms with Gasteiger partial charge < -0.3 is 19.0 Å². The molecule has 0 radical (unpaired) electrons. The first-order chi connectivity index (χ1) is 20.8. The van der Waals surface area contributed by atoms with Gasteiger partial charge >= 0.3 is 11.9 Å². The Morgan fingerprint density at radius 2 is 1.79 bits per heavy atom. The second kappa shape index (κ2) is 11.2. The fourth-order valence-corrected chi connectivity index (χ4v) is 6.32. The van der Waals surface area contributed by atoms with E-state index < -0.39 is 18.0 Å². The van der Waals surface area contributed by atoms with Crippen LogP contribution in [-0.4, -0.2) is 35.3 Å². The van der Waals surface area contributed by atoms with Gasteiger partial charge in [0.1, 0.15) is 17.3 Å². The zero-order chi connectivity index (χ0) is 30.2. The molecule has 1 atom stereocenters. The number of thiazole rings is 1. The Hall–Kier alpha value is -5.22. The third kappa shape index (κ3) is 4.95. The van der Waals surface area contributed by atoms with Crippen LogP contribution < -0.4 is 19.6 Å². The molecule has 216 valence electrons. The number of rotatable bonds is 7. The number of hydrogen-bond acceptors (Lipinski definition) is 8. The molecule has 0 saturated heterocycles. The molecule has 9 nitrogen and oxygen atoms in total. The van der Waals surface area contributed by atoms with E-state index in [1.54, 1.807) is 55.9 Å². The molecule has 43 heavy (non-hydrogen) atoms. The molecular weight excluding hydrogens is 568 g/mol. The molecule has 1 unspecified atom stereocenters. The second-order valence-electron chi connectivity index (χ2n) is 9.79. The number of esters is 1. The first kappa shape index (κ1) is 27.9. The van der Waals surface area contributed by atoms with Gasteiger partial charge in [0.25, 0.3) is 5.56 Å². The monoisotopic (exact) mass is 594 g/mol. The molecule has 10 heteroatoms. The lowest BCUT2D eigenvalue weighted by molar-refractivity contribution is -0.139. The maximum absolute atomic E-state index is 14.1. The van der Waals surface area contributed by atoms with Crippen molar-refractivity contribution in [2.75, 3.05) is 13.7 Å². The molecule has 6 rings (SSSR count). The van der Waals surface area contributed by atoms with Crippen molar-refractivity contribution < 1.29 is 28.6 Å². The van der Waals surface area contributed by atoms with Crippen molar-refractivity contribution in [3.63, 3.8) is 0 Å². The molecule has 0 spiro atoms. The number of nitrogens with zero attached hydrogens (tertiary/aromatic N) is 2. The van der Waals surface area contributed by atoms with E-state index >= 15 is 0 Å². The lowest BCUT2D eigenvalue weighted by atomic mass is 9.91. The van der Waals surface area contributed by atoms with Gasteiger partial charge in [-0.15, -0.1) is 0 Å². The average Bonchev–Trinajstić information content (AvgIpc) is 3.60. The number of carboxylic acid groups (broad SMARTS) is 1. The molecule has 0 amide bonds. The Labute approximate surface area is 249 Å². The van der Waals surface area contributed by atoms with E-state index in [2.05, 4.69) is 4.99 Å². The first-order valence-electron chi connectivity index (χ1n) is 13.5.